The van der Waals surface area contributed by atoms with Crippen LogP contribution in [0.25, 0.3) is 0 Å². The first-order valence-electron chi connectivity index (χ1n) is 6.26. The van der Waals surface area contributed by atoms with E-state index in [-0.39, 0.29) is 18.2 Å². The minimum Gasteiger partial charge on any atom is -0.313 e. The maximum absolute atomic E-state index is 12.0. The molecule has 0 bridgehead atoms. The van der Waals surface area contributed by atoms with Crippen molar-refractivity contribution in [1.29, 1.82) is 0 Å². The van der Waals surface area contributed by atoms with Gasteiger partial charge in [0.15, 0.2) is 0 Å². The Balaban J connectivity index is 0.00000220. The Morgan fingerprint density at radius 1 is 1.24 bits per heavy atom. The van der Waals surface area contributed by atoms with E-state index in [9.17, 15) is 8.42 Å². The highest BCUT2D eigenvalue weighted by atomic mass is 35.5. The summed E-state index contributed by atoms with van der Waals surface area (Å²) in [6, 6.07) is 4.84. The van der Waals surface area contributed by atoms with Crippen molar-refractivity contribution in [3.05, 3.63) is 45.5 Å². The molecule has 0 radical (unpaired) electrons. The number of hydrogen-bond acceptors (Lipinski definition) is 3. The van der Waals surface area contributed by atoms with Gasteiger partial charge in [0, 0.05) is 13.1 Å². The smallest absolute Gasteiger partial charge is 0.216 e. The van der Waals surface area contributed by atoms with E-state index in [4.69, 9.17) is 23.2 Å². The fourth-order valence-electron chi connectivity index (χ4n) is 1.93. The van der Waals surface area contributed by atoms with Crippen molar-refractivity contribution >= 4 is 45.6 Å². The average Bonchev–Trinajstić information content (AvgIpc) is 2.42. The molecule has 2 rings (SSSR count). The Bertz CT molecular complexity index is 618. The molecule has 8 heteroatoms. The molecule has 1 aromatic carbocycles. The lowest BCUT2D eigenvalue weighted by atomic mass is 10.1. The summed E-state index contributed by atoms with van der Waals surface area (Å²) in [6.07, 6.45) is 2.89. The molecule has 0 aliphatic carbocycles. The molecule has 0 amide bonds. The molecule has 4 nitrogen and oxygen atoms in total. The van der Waals surface area contributed by atoms with Gasteiger partial charge in [0.05, 0.1) is 15.8 Å². The van der Waals surface area contributed by atoms with Crippen molar-refractivity contribution in [3.8, 4) is 0 Å². The first kappa shape index (κ1) is 18.7. The molecule has 0 atom stereocenters. The first-order chi connectivity index (χ1) is 9.46. The molecule has 0 saturated heterocycles. The number of sulfonamides is 1. The molecule has 0 fully saturated rings. The number of halogens is 3. The summed E-state index contributed by atoms with van der Waals surface area (Å²) in [5, 5.41) is 3.96. The summed E-state index contributed by atoms with van der Waals surface area (Å²) in [4.78, 5) is 0. The maximum atomic E-state index is 12.0. The molecular formula is C13H17Cl3N2O2S. The summed E-state index contributed by atoms with van der Waals surface area (Å²) in [5.41, 5.74) is 1.73. The zero-order valence-electron chi connectivity index (χ0n) is 11.2. The van der Waals surface area contributed by atoms with E-state index in [1.54, 1.807) is 18.2 Å². The second-order valence-electron chi connectivity index (χ2n) is 4.65. The van der Waals surface area contributed by atoms with Gasteiger partial charge in [-0.25, -0.2) is 13.1 Å². The van der Waals surface area contributed by atoms with E-state index in [1.165, 1.54) is 0 Å². The van der Waals surface area contributed by atoms with E-state index >= 15 is 0 Å². The molecule has 0 unspecified atom stereocenters. The molecule has 2 N–H and O–H groups in total. The molecule has 1 aromatic rings. The highest BCUT2D eigenvalue weighted by Gasteiger charge is 2.13. The lowest BCUT2D eigenvalue weighted by molar-refractivity contribution is 0.581. The fourth-order valence-corrected chi connectivity index (χ4v) is 3.38. The average molecular weight is 372 g/mol. The van der Waals surface area contributed by atoms with E-state index in [0.717, 1.165) is 25.1 Å². The van der Waals surface area contributed by atoms with Crippen LogP contribution in [0.2, 0.25) is 10.0 Å². The van der Waals surface area contributed by atoms with E-state index in [0.29, 0.717) is 22.2 Å². The lowest BCUT2D eigenvalue weighted by Crippen LogP contribution is -2.30. The zero-order chi connectivity index (χ0) is 14.6. The third-order valence-electron chi connectivity index (χ3n) is 3.02. The SMILES string of the molecule is Cl.O=S(=O)(Cc1ccc(Cl)c(Cl)c1)NCC1=CCNCC1. The molecule has 0 saturated carbocycles. The standard InChI is InChI=1S/C13H16Cl2N2O2S.ClH/c14-12-2-1-11(7-13(12)15)9-20(18,19)17-8-10-3-5-16-6-4-10;/h1-3,7,16-17H,4-6,8-9H2;1H. The van der Waals surface area contributed by atoms with Gasteiger partial charge < -0.3 is 5.32 Å². The second-order valence-corrected chi connectivity index (χ2v) is 7.27. The summed E-state index contributed by atoms with van der Waals surface area (Å²) < 4.78 is 26.6. The number of rotatable bonds is 5. The quantitative estimate of drug-likeness (QED) is 0.783. The Labute approximate surface area is 141 Å². The van der Waals surface area contributed by atoms with Gasteiger partial charge in [-0.2, -0.15) is 0 Å². The Morgan fingerprint density at radius 2 is 2.00 bits per heavy atom. The van der Waals surface area contributed by atoms with Gasteiger partial charge in [0.2, 0.25) is 10.0 Å². The number of benzene rings is 1. The van der Waals surface area contributed by atoms with Crippen LogP contribution in [-0.2, 0) is 15.8 Å². The third kappa shape index (κ3) is 6.14. The molecule has 1 aliphatic heterocycles. The summed E-state index contributed by atoms with van der Waals surface area (Å²) in [7, 11) is -3.38. The topological polar surface area (TPSA) is 58.2 Å². The number of hydrogen-bond donors (Lipinski definition) is 2. The molecule has 118 valence electrons. The molecule has 1 heterocycles. The van der Waals surface area contributed by atoms with Gasteiger partial charge >= 0.3 is 0 Å². The minimum absolute atomic E-state index is 0. The van der Waals surface area contributed by atoms with Gasteiger partial charge in [-0.05, 0) is 30.7 Å². The van der Waals surface area contributed by atoms with Crippen molar-refractivity contribution in [3.63, 3.8) is 0 Å². The van der Waals surface area contributed by atoms with Gasteiger partial charge in [-0.15, -0.1) is 12.4 Å². The van der Waals surface area contributed by atoms with Crippen LogP contribution in [0, 0.1) is 0 Å². The first-order valence-corrected chi connectivity index (χ1v) is 8.67. The van der Waals surface area contributed by atoms with Gasteiger partial charge in [0.25, 0.3) is 0 Å². The molecule has 0 aromatic heterocycles. The van der Waals surface area contributed by atoms with Crippen LogP contribution in [0.5, 0.6) is 0 Å². The lowest BCUT2D eigenvalue weighted by Gasteiger charge is -2.14. The van der Waals surface area contributed by atoms with Crippen LogP contribution in [0.1, 0.15) is 12.0 Å². The monoisotopic (exact) mass is 370 g/mol. The molecular weight excluding hydrogens is 355 g/mol. The van der Waals surface area contributed by atoms with Crippen LogP contribution in [-0.4, -0.2) is 28.1 Å². The van der Waals surface area contributed by atoms with Crippen molar-refractivity contribution in [2.24, 2.45) is 0 Å². The Morgan fingerprint density at radius 3 is 2.62 bits per heavy atom. The summed E-state index contributed by atoms with van der Waals surface area (Å²) >= 11 is 11.7. The minimum atomic E-state index is -3.38. The van der Waals surface area contributed by atoms with Crippen molar-refractivity contribution in [2.75, 3.05) is 19.6 Å². The highest BCUT2D eigenvalue weighted by molar-refractivity contribution is 7.88. The van der Waals surface area contributed by atoms with E-state index in [1.807, 2.05) is 6.08 Å². The highest BCUT2D eigenvalue weighted by Crippen LogP contribution is 2.23. The second kappa shape index (κ2) is 8.36. The van der Waals surface area contributed by atoms with Crippen LogP contribution < -0.4 is 10.0 Å². The van der Waals surface area contributed by atoms with E-state index < -0.39 is 10.0 Å². The van der Waals surface area contributed by atoms with Gasteiger partial charge in [-0.1, -0.05) is 40.9 Å². The maximum Gasteiger partial charge on any atom is 0.216 e. The van der Waals surface area contributed by atoms with Crippen LogP contribution in [0.15, 0.2) is 29.8 Å². The molecule has 21 heavy (non-hydrogen) atoms. The Hall–Kier alpha value is -0.300. The summed E-state index contributed by atoms with van der Waals surface area (Å²) in [5.74, 6) is -0.102. The Kier molecular flexibility index (Phi) is 7.47. The van der Waals surface area contributed by atoms with Crippen LogP contribution in [0.3, 0.4) is 0 Å². The van der Waals surface area contributed by atoms with Crippen molar-refractivity contribution < 1.29 is 8.42 Å². The fraction of sp³-hybridized carbons (Fsp3) is 0.385. The molecule has 1 aliphatic rings. The van der Waals surface area contributed by atoms with Crippen molar-refractivity contribution in [2.45, 2.75) is 12.2 Å². The number of nitrogens with one attached hydrogen (secondary N) is 2. The normalized spacial score (nSPS) is 15.2. The third-order valence-corrected chi connectivity index (χ3v) is 5.05. The van der Waals surface area contributed by atoms with Gasteiger partial charge in [0.1, 0.15) is 0 Å². The van der Waals surface area contributed by atoms with Gasteiger partial charge in [-0.3, -0.25) is 0 Å². The zero-order valence-corrected chi connectivity index (χ0v) is 14.4. The largest absolute Gasteiger partial charge is 0.313 e. The molecule has 0 spiro atoms. The van der Waals surface area contributed by atoms with E-state index in [2.05, 4.69) is 10.0 Å². The van der Waals surface area contributed by atoms with Crippen LogP contribution in [0.4, 0.5) is 0 Å². The predicted molar refractivity (Wildman–Crippen MR) is 89.9 cm³/mol. The summed E-state index contributed by atoms with van der Waals surface area (Å²) in [6.45, 7) is 2.05. The van der Waals surface area contributed by atoms with Crippen molar-refractivity contribution in [1.82, 2.24) is 10.0 Å². The van der Waals surface area contributed by atoms with Crippen LogP contribution >= 0.6 is 35.6 Å². The predicted octanol–water partition coefficient (Wildman–Crippen LogP) is 2.75.